The number of aliphatic hydroxyl groups excluding tert-OH is 1. The van der Waals surface area contributed by atoms with Crippen LogP contribution in [0.4, 0.5) is 0 Å². The van der Waals surface area contributed by atoms with Crippen molar-refractivity contribution in [1.29, 1.82) is 0 Å². The van der Waals surface area contributed by atoms with E-state index in [4.69, 9.17) is 4.74 Å². The Balaban J connectivity index is 2.25. The molecule has 0 saturated heterocycles. The van der Waals surface area contributed by atoms with E-state index >= 15 is 0 Å². The summed E-state index contributed by atoms with van der Waals surface area (Å²) in [7, 11) is 0. The van der Waals surface area contributed by atoms with Crippen LogP contribution in [-0.2, 0) is 6.42 Å². The minimum atomic E-state index is -0.477. The largest absolute Gasteiger partial charge is 0.508 e. The minimum Gasteiger partial charge on any atom is -0.508 e. The highest BCUT2D eigenvalue weighted by Crippen LogP contribution is 2.32. The van der Waals surface area contributed by atoms with Crippen molar-refractivity contribution in [2.75, 3.05) is 0 Å². The molecule has 2 atom stereocenters. The van der Waals surface area contributed by atoms with Crippen molar-refractivity contribution >= 4 is 0 Å². The molecule has 70 valence electrons. The molecule has 0 aliphatic carbocycles. The highest BCUT2D eigenvalue weighted by atomic mass is 16.5. The van der Waals surface area contributed by atoms with Gasteiger partial charge in [-0.15, -0.1) is 0 Å². The first kappa shape index (κ1) is 8.38. The van der Waals surface area contributed by atoms with Gasteiger partial charge in [0.05, 0.1) is 6.10 Å². The van der Waals surface area contributed by atoms with Gasteiger partial charge in [-0.3, -0.25) is 0 Å². The second kappa shape index (κ2) is 2.92. The Morgan fingerprint density at radius 2 is 2.31 bits per heavy atom. The van der Waals surface area contributed by atoms with Crippen molar-refractivity contribution in [2.45, 2.75) is 25.6 Å². The topological polar surface area (TPSA) is 49.7 Å². The van der Waals surface area contributed by atoms with Crippen LogP contribution in [0.15, 0.2) is 18.2 Å². The molecule has 0 radical (unpaired) electrons. The fourth-order valence-corrected chi connectivity index (χ4v) is 1.53. The van der Waals surface area contributed by atoms with Crippen LogP contribution in [-0.4, -0.2) is 22.4 Å². The second-order valence-electron chi connectivity index (χ2n) is 3.39. The van der Waals surface area contributed by atoms with E-state index in [-0.39, 0.29) is 11.9 Å². The quantitative estimate of drug-likeness (QED) is 0.679. The van der Waals surface area contributed by atoms with Crippen molar-refractivity contribution in [3.63, 3.8) is 0 Å². The van der Waals surface area contributed by atoms with E-state index in [1.807, 2.05) is 0 Å². The number of aromatic hydroxyl groups is 1. The molecule has 2 unspecified atom stereocenters. The Labute approximate surface area is 76.6 Å². The fraction of sp³-hybridized carbons (Fsp3) is 0.400. The summed E-state index contributed by atoms with van der Waals surface area (Å²) >= 11 is 0. The lowest BCUT2D eigenvalue weighted by Crippen LogP contribution is -2.26. The van der Waals surface area contributed by atoms with Crippen LogP contribution >= 0.6 is 0 Å². The number of fused-ring (bicyclic) bond motifs is 1. The number of aliphatic hydroxyl groups is 1. The Bertz CT molecular complexity index is 320. The Kier molecular flexibility index (Phi) is 1.88. The molecule has 2 N–H and O–H groups in total. The van der Waals surface area contributed by atoms with Crippen LogP contribution in [0, 0.1) is 0 Å². The van der Waals surface area contributed by atoms with Gasteiger partial charge < -0.3 is 14.9 Å². The number of benzene rings is 1. The maximum absolute atomic E-state index is 9.31. The summed E-state index contributed by atoms with van der Waals surface area (Å²) < 4.78 is 5.46. The van der Waals surface area contributed by atoms with Gasteiger partial charge in [-0.25, -0.2) is 0 Å². The summed E-state index contributed by atoms with van der Waals surface area (Å²) in [6.45, 7) is 1.70. The zero-order valence-electron chi connectivity index (χ0n) is 7.40. The van der Waals surface area contributed by atoms with Crippen LogP contribution in [0.2, 0.25) is 0 Å². The molecule has 0 fully saturated rings. The number of rotatable bonds is 1. The standard InChI is InChI=1S/C10H12O3/c1-6(11)10-5-7-4-8(12)2-3-9(7)13-10/h2-4,6,10-12H,5H2,1H3. The van der Waals surface area contributed by atoms with Crippen LogP contribution in [0.5, 0.6) is 11.5 Å². The number of phenols is 1. The van der Waals surface area contributed by atoms with Gasteiger partial charge in [0.15, 0.2) is 0 Å². The second-order valence-corrected chi connectivity index (χ2v) is 3.39. The molecule has 1 aliphatic rings. The van der Waals surface area contributed by atoms with Crippen molar-refractivity contribution in [2.24, 2.45) is 0 Å². The van der Waals surface area contributed by atoms with E-state index in [0.717, 1.165) is 11.3 Å². The van der Waals surface area contributed by atoms with Gasteiger partial charge in [0.25, 0.3) is 0 Å². The van der Waals surface area contributed by atoms with E-state index in [2.05, 4.69) is 0 Å². The smallest absolute Gasteiger partial charge is 0.128 e. The summed E-state index contributed by atoms with van der Waals surface area (Å²) in [5.41, 5.74) is 0.964. The Morgan fingerprint density at radius 1 is 1.54 bits per heavy atom. The van der Waals surface area contributed by atoms with Crippen molar-refractivity contribution in [1.82, 2.24) is 0 Å². The molecule has 1 aromatic carbocycles. The Hall–Kier alpha value is -1.22. The van der Waals surface area contributed by atoms with Gasteiger partial charge in [-0.05, 0) is 25.1 Å². The molecular weight excluding hydrogens is 168 g/mol. The van der Waals surface area contributed by atoms with Crippen LogP contribution in [0.3, 0.4) is 0 Å². The molecule has 13 heavy (non-hydrogen) atoms. The zero-order chi connectivity index (χ0) is 9.42. The first-order valence-electron chi connectivity index (χ1n) is 4.33. The molecule has 3 heteroatoms. The number of phenolic OH excluding ortho intramolecular Hbond substituents is 1. The summed E-state index contributed by atoms with van der Waals surface area (Å²) in [5.74, 6) is 1.01. The van der Waals surface area contributed by atoms with Crippen molar-refractivity contribution in [3.05, 3.63) is 23.8 Å². The van der Waals surface area contributed by atoms with Crippen LogP contribution in [0.25, 0.3) is 0 Å². The third kappa shape index (κ3) is 1.47. The molecule has 0 amide bonds. The first-order chi connectivity index (χ1) is 6.16. The third-order valence-corrected chi connectivity index (χ3v) is 2.28. The van der Waals surface area contributed by atoms with Crippen LogP contribution < -0.4 is 4.74 Å². The molecule has 0 aromatic heterocycles. The lowest BCUT2D eigenvalue weighted by Gasteiger charge is -2.12. The van der Waals surface area contributed by atoms with Gasteiger partial charge >= 0.3 is 0 Å². The molecule has 0 spiro atoms. The summed E-state index contributed by atoms with van der Waals surface area (Å²) in [4.78, 5) is 0. The van der Waals surface area contributed by atoms with E-state index < -0.39 is 6.10 Å². The number of ether oxygens (including phenoxy) is 1. The highest BCUT2D eigenvalue weighted by molar-refractivity contribution is 5.42. The predicted molar refractivity (Wildman–Crippen MR) is 47.9 cm³/mol. The summed E-state index contributed by atoms with van der Waals surface area (Å²) in [5, 5.41) is 18.5. The van der Waals surface area contributed by atoms with Gasteiger partial charge in [0, 0.05) is 12.0 Å². The minimum absolute atomic E-state index is 0.170. The maximum atomic E-state index is 9.31. The third-order valence-electron chi connectivity index (χ3n) is 2.28. The normalized spacial score (nSPS) is 22.2. The predicted octanol–water partition coefficient (Wildman–Crippen LogP) is 1.08. The monoisotopic (exact) mass is 180 g/mol. The van der Waals surface area contributed by atoms with E-state index in [0.29, 0.717) is 6.42 Å². The SMILES string of the molecule is CC(O)C1Cc2cc(O)ccc2O1. The zero-order valence-corrected chi connectivity index (χ0v) is 7.40. The van der Waals surface area contributed by atoms with E-state index in [1.54, 1.807) is 25.1 Å². The molecular formula is C10H12O3. The lowest BCUT2D eigenvalue weighted by molar-refractivity contribution is 0.0632. The van der Waals surface area contributed by atoms with Crippen LogP contribution in [0.1, 0.15) is 12.5 Å². The van der Waals surface area contributed by atoms with Gasteiger partial charge in [0.2, 0.25) is 0 Å². The summed E-state index contributed by atoms with van der Waals surface area (Å²) in [6, 6.07) is 4.99. The van der Waals surface area contributed by atoms with Gasteiger partial charge in [-0.2, -0.15) is 0 Å². The van der Waals surface area contributed by atoms with E-state index in [9.17, 15) is 10.2 Å². The maximum Gasteiger partial charge on any atom is 0.128 e. The molecule has 0 saturated carbocycles. The highest BCUT2D eigenvalue weighted by Gasteiger charge is 2.26. The fourth-order valence-electron chi connectivity index (χ4n) is 1.53. The van der Waals surface area contributed by atoms with E-state index in [1.165, 1.54) is 0 Å². The van der Waals surface area contributed by atoms with Gasteiger partial charge in [-0.1, -0.05) is 0 Å². The molecule has 1 aliphatic heterocycles. The molecule has 1 heterocycles. The number of hydrogen-bond acceptors (Lipinski definition) is 3. The van der Waals surface area contributed by atoms with Gasteiger partial charge in [0.1, 0.15) is 17.6 Å². The molecule has 2 rings (SSSR count). The molecule has 1 aromatic rings. The molecule has 3 nitrogen and oxygen atoms in total. The summed E-state index contributed by atoms with van der Waals surface area (Å²) in [6.07, 6.45) is 0.0212. The Morgan fingerprint density at radius 3 is 3.00 bits per heavy atom. The first-order valence-corrected chi connectivity index (χ1v) is 4.33. The lowest BCUT2D eigenvalue weighted by atomic mass is 10.1. The average molecular weight is 180 g/mol. The average Bonchev–Trinajstić information content (AvgIpc) is 2.46. The number of hydrogen-bond donors (Lipinski definition) is 2. The molecule has 0 bridgehead atoms. The van der Waals surface area contributed by atoms with Crippen molar-refractivity contribution in [3.8, 4) is 11.5 Å². The van der Waals surface area contributed by atoms with Crippen molar-refractivity contribution < 1.29 is 14.9 Å².